The molecule has 2 saturated heterocycles. The lowest BCUT2D eigenvalue weighted by atomic mass is 10.2. The Hall–Kier alpha value is -2.52. The van der Waals surface area contributed by atoms with E-state index in [1.165, 1.54) is 0 Å². The van der Waals surface area contributed by atoms with Gasteiger partial charge in [0.2, 0.25) is 11.8 Å². The lowest BCUT2D eigenvalue weighted by Gasteiger charge is -2.20. The van der Waals surface area contributed by atoms with Crippen molar-refractivity contribution in [3.05, 3.63) is 0 Å². The van der Waals surface area contributed by atoms with E-state index in [0.29, 0.717) is 25.9 Å². The van der Waals surface area contributed by atoms with Gasteiger partial charge in [-0.15, -0.1) is 0 Å². The summed E-state index contributed by atoms with van der Waals surface area (Å²) in [5.41, 5.74) is -1.06. The van der Waals surface area contributed by atoms with Gasteiger partial charge in [-0.2, -0.15) is 0 Å². The molecule has 2 rings (SSSR count). The van der Waals surface area contributed by atoms with Gasteiger partial charge in [-0.25, -0.2) is 9.59 Å². The first kappa shape index (κ1) is 23.5. The van der Waals surface area contributed by atoms with Crippen LogP contribution in [0.25, 0.3) is 0 Å². The Morgan fingerprint density at radius 3 is 1.32 bits per heavy atom. The molecule has 2 fully saturated rings. The number of ether oxygens (including phenoxy) is 2. The van der Waals surface area contributed by atoms with E-state index in [9.17, 15) is 19.2 Å². The topological polar surface area (TPSA) is 135 Å². The molecule has 0 unspecified atom stereocenters. The van der Waals surface area contributed by atoms with Crippen LogP contribution in [0.2, 0.25) is 0 Å². The number of hydrogen-bond acceptors (Lipinski definition) is 6. The molecular formula is C18H32N4O6. The third kappa shape index (κ3) is 9.43. The Kier molecular flexibility index (Phi) is 8.07. The molecule has 2 aliphatic rings. The zero-order valence-corrected chi connectivity index (χ0v) is 17.4. The van der Waals surface area contributed by atoms with Crippen LogP contribution in [0.5, 0.6) is 0 Å². The van der Waals surface area contributed by atoms with Crippen LogP contribution < -0.4 is 21.3 Å². The van der Waals surface area contributed by atoms with Crippen molar-refractivity contribution in [1.82, 2.24) is 21.3 Å². The fraction of sp³-hybridized carbons (Fsp3) is 0.778. The smallest absolute Gasteiger partial charge is 0.408 e. The summed E-state index contributed by atoms with van der Waals surface area (Å²) in [6.45, 7) is 11.9. The minimum absolute atomic E-state index is 0.143. The minimum Gasteiger partial charge on any atom is -0.444 e. The zero-order valence-electron chi connectivity index (χ0n) is 17.4. The van der Waals surface area contributed by atoms with Gasteiger partial charge in [0.1, 0.15) is 23.3 Å². The maximum Gasteiger partial charge on any atom is 0.408 e. The van der Waals surface area contributed by atoms with Crippen LogP contribution in [-0.4, -0.2) is 60.4 Å². The third-order valence-corrected chi connectivity index (χ3v) is 3.48. The summed E-state index contributed by atoms with van der Waals surface area (Å²) in [5, 5.41) is 10.3. The normalized spacial score (nSPS) is 21.6. The van der Waals surface area contributed by atoms with Gasteiger partial charge in [0.25, 0.3) is 0 Å². The first-order valence-corrected chi connectivity index (χ1v) is 9.31. The monoisotopic (exact) mass is 400 g/mol. The molecule has 4 N–H and O–H groups in total. The average molecular weight is 400 g/mol. The number of rotatable bonds is 2. The van der Waals surface area contributed by atoms with Crippen molar-refractivity contribution in [1.29, 1.82) is 0 Å². The SMILES string of the molecule is CC(C)(C)OC(=O)N[C@H]1CCNC1=O.CC(C)(C)OC(=O)N[C@H]1CCNC1=O. The van der Waals surface area contributed by atoms with E-state index in [1.807, 2.05) is 0 Å². The second kappa shape index (κ2) is 9.61. The van der Waals surface area contributed by atoms with Crippen molar-refractivity contribution < 1.29 is 28.7 Å². The Bertz CT molecular complexity index is 542. The highest BCUT2D eigenvalue weighted by atomic mass is 16.6. The van der Waals surface area contributed by atoms with E-state index < -0.39 is 35.5 Å². The van der Waals surface area contributed by atoms with E-state index in [2.05, 4.69) is 21.3 Å². The molecule has 0 aromatic heterocycles. The van der Waals surface area contributed by atoms with Crippen LogP contribution >= 0.6 is 0 Å². The van der Waals surface area contributed by atoms with Crippen LogP contribution in [0.3, 0.4) is 0 Å². The lowest BCUT2D eigenvalue weighted by molar-refractivity contribution is -0.121. The predicted octanol–water partition coefficient (Wildman–Crippen LogP) is 0.799. The van der Waals surface area contributed by atoms with Crippen molar-refractivity contribution in [3.63, 3.8) is 0 Å². The molecular weight excluding hydrogens is 368 g/mol. The van der Waals surface area contributed by atoms with Gasteiger partial charge in [-0.1, -0.05) is 0 Å². The van der Waals surface area contributed by atoms with Gasteiger partial charge in [0, 0.05) is 13.1 Å². The van der Waals surface area contributed by atoms with E-state index >= 15 is 0 Å². The van der Waals surface area contributed by atoms with Crippen LogP contribution in [0.1, 0.15) is 54.4 Å². The maximum atomic E-state index is 11.2. The molecule has 4 amide bonds. The molecule has 0 radical (unpaired) electrons. The van der Waals surface area contributed by atoms with Crippen LogP contribution in [0.4, 0.5) is 9.59 Å². The van der Waals surface area contributed by atoms with Crippen LogP contribution in [0, 0.1) is 0 Å². The van der Waals surface area contributed by atoms with Crippen molar-refractivity contribution >= 4 is 24.0 Å². The molecule has 0 aromatic rings. The number of carbonyl (C=O) groups excluding carboxylic acids is 4. The molecule has 2 heterocycles. The third-order valence-electron chi connectivity index (χ3n) is 3.48. The highest BCUT2D eigenvalue weighted by molar-refractivity contribution is 5.87. The fourth-order valence-electron chi connectivity index (χ4n) is 2.36. The van der Waals surface area contributed by atoms with Crippen molar-refractivity contribution in [3.8, 4) is 0 Å². The molecule has 160 valence electrons. The van der Waals surface area contributed by atoms with Crippen molar-refractivity contribution in [2.24, 2.45) is 0 Å². The number of hydrogen-bond donors (Lipinski definition) is 4. The summed E-state index contributed by atoms with van der Waals surface area (Å²) in [7, 11) is 0. The molecule has 2 atom stereocenters. The predicted molar refractivity (Wildman–Crippen MR) is 102 cm³/mol. The molecule has 10 heteroatoms. The van der Waals surface area contributed by atoms with Gasteiger partial charge in [0.05, 0.1) is 0 Å². The number of nitrogens with one attached hydrogen (secondary N) is 4. The first-order valence-electron chi connectivity index (χ1n) is 9.31. The van der Waals surface area contributed by atoms with Gasteiger partial charge in [-0.05, 0) is 54.4 Å². The van der Waals surface area contributed by atoms with E-state index in [1.54, 1.807) is 41.5 Å². The van der Waals surface area contributed by atoms with Gasteiger partial charge in [-0.3, -0.25) is 9.59 Å². The number of alkyl carbamates (subject to hydrolysis) is 2. The Balaban J connectivity index is 0.000000280. The van der Waals surface area contributed by atoms with Gasteiger partial charge in [0.15, 0.2) is 0 Å². The molecule has 10 nitrogen and oxygen atoms in total. The Morgan fingerprint density at radius 2 is 1.11 bits per heavy atom. The molecule has 2 aliphatic heterocycles. The number of carbonyl (C=O) groups is 4. The van der Waals surface area contributed by atoms with Crippen molar-refractivity contribution in [2.75, 3.05) is 13.1 Å². The summed E-state index contributed by atoms with van der Waals surface area (Å²) in [6.07, 6.45) is 0.162. The lowest BCUT2D eigenvalue weighted by Crippen LogP contribution is -2.42. The summed E-state index contributed by atoms with van der Waals surface area (Å²) in [4.78, 5) is 44.7. The van der Waals surface area contributed by atoms with Crippen molar-refractivity contribution in [2.45, 2.75) is 77.7 Å². The summed E-state index contributed by atoms with van der Waals surface area (Å²) in [5.74, 6) is -0.285. The summed E-state index contributed by atoms with van der Waals surface area (Å²) >= 11 is 0. The second-order valence-corrected chi connectivity index (χ2v) is 8.56. The van der Waals surface area contributed by atoms with Crippen LogP contribution in [-0.2, 0) is 19.1 Å². The van der Waals surface area contributed by atoms with E-state index in [4.69, 9.17) is 9.47 Å². The van der Waals surface area contributed by atoms with Gasteiger partial charge < -0.3 is 30.7 Å². The first-order chi connectivity index (χ1) is 12.8. The maximum absolute atomic E-state index is 11.2. The van der Waals surface area contributed by atoms with Gasteiger partial charge >= 0.3 is 12.2 Å². The zero-order chi connectivity index (χ0) is 21.5. The largest absolute Gasteiger partial charge is 0.444 e. The highest BCUT2D eigenvalue weighted by Crippen LogP contribution is 2.09. The highest BCUT2D eigenvalue weighted by Gasteiger charge is 2.28. The average Bonchev–Trinajstić information content (AvgIpc) is 3.05. The second-order valence-electron chi connectivity index (χ2n) is 8.56. The Morgan fingerprint density at radius 1 is 0.786 bits per heavy atom. The minimum atomic E-state index is -0.542. The molecule has 0 aromatic carbocycles. The molecule has 28 heavy (non-hydrogen) atoms. The summed E-state index contributed by atoms with van der Waals surface area (Å²) < 4.78 is 10.0. The standard InChI is InChI=1S/2C9H16N2O3/c2*1-9(2,3)14-8(13)11-6-4-5-10-7(6)12/h2*6H,4-5H2,1-3H3,(H,10,12)(H,11,13)/t2*6-/m00/s1. The van der Waals surface area contributed by atoms with E-state index in [0.717, 1.165) is 0 Å². The molecule has 0 bridgehead atoms. The Labute approximate surface area is 165 Å². The molecule has 0 saturated carbocycles. The molecule has 0 spiro atoms. The van der Waals surface area contributed by atoms with Crippen LogP contribution in [0.15, 0.2) is 0 Å². The van der Waals surface area contributed by atoms with E-state index in [-0.39, 0.29) is 11.8 Å². The number of amides is 4. The quantitative estimate of drug-likeness (QED) is 0.541. The summed E-state index contributed by atoms with van der Waals surface area (Å²) in [6, 6.07) is -0.880. The fourth-order valence-corrected chi connectivity index (χ4v) is 2.36. The molecule has 0 aliphatic carbocycles.